The van der Waals surface area contributed by atoms with Gasteiger partial charge in [0.25, 0.3) is 0 Å². The molecule has 1 aliphatic rings. The van der Waals surface area contributed by atoms with Gasteiger partial charge >= 0.3 is 5.97 Å². The zero-order chi connectivity index (χ0) is 34.4. The van der Waals surface area contributed by atoms with E-state index in [1.54, 1.807) is 11.4 Å². The van der Waals surface area contributed by atoms with Gasteiger partial charge in [-0.3, -0.25) is 14.4 Å². The molecular formula is C35H39F2N5O5S. The maximum Gasteiger partial charge on any atom is 0.346 e. The number of halogens is 2. The van der Waals surface area contributed by atoms with Gasteiger partial charge in [-0.2, -0.15) is 0 Å². The maximum absolute atomic E-state index is 14.2. The molecule has 0 spiro atoms. The fourth-order valence-electron chi connectivity index (χ4n) is 6.13. The average molecular weight is 680 g/mol. The molecule has 2 aromatic heterocycles. The summed E-state index contributed by atoms with van der Waals surface area (Å²) in [6.07, 6.45) is -2.92. The summed E-state index contributed by atoms with van der Waals surface area (Å²) in [5.74, 6) is -3.25. The summed E-state index contributed by atoms with van der Waals surface area (Å²) in [5.41, 5.74) is 2.51. The van der Waals surface area contributed by atoms with Crippen LogP contribution in [0.25, 0.3) is 10.9 Å². The number of rotatable bonds is 15. The van der Waals surface area contributed by atoms with Crippen molar-refractivity contribution in [1.29, 1.82) is 0 Å². The van der Waals surface area contributed by atoms with Crippen molar-refractivity contribution in [2.24, 2.45) is 5.92 Å². The van der Waals surface area contributed by atoms with E-state index in [9.17, 15) is 33.1 Å². The largest absolute Gasteiger partial charge is 0.477 e. The van der Waals surface area contributed by atoms with Gasteiger partial charge in [0.1, 0.15) is 22.5 Å². The summed E-state index contributed by atoms with van der Waals surface area (Å²) in [4.78, 5) is 56.2. The third-order valence-corrected chi connectivity index (χ3v) is 9.35. The number of amides is 3. The van der Waals surface area contributed by atoms with Crippen LogP contribution in [-0.4, -0.2) is 64.4 Å². The van der Waals surface area contributed by atoms with Crippen molar-refractivity contribution in [1.82, 2.24) is 20.9 Å². The summed E-state index contributed by atoms with van der Waals surface area (Å²) in [7, 11) is 0. The molecule has 0 aliphatic carbocycles. The molecule has 0 radical (unpaired) electrons. The van der Waals surface area contributed by atoms with Gasteiger partial charge < -0.3 is 31.4 Å². The number of carboxylic acid groups (broad SMARTS) is 1. The van der Waals surface area contributed by atoms with E-state index in [0.717, 1.165) is 33.5 Å². The van der Waals surface area contributed by atoms with Crippen LogP contribution in [0.15, 0.2) is 66.0 Å². The summed E-state index contributed by atoms with van der Waals surface area (Å²) < 4.78 is 27.2. The van der Waals surface area contributed by atoms with Crippen molar-refractivity contribution in [2.45, 2.75) is 70.0 Å². The summed E-state index contributed by atoms with van der Waals surface area (Å²) >= 11 is 1.06. The molecule has 3 atom stereocenters. The lowest BCUT2D eigenvalue weighted by molar-refractivity contribution is -0.134. The van der Waals surface area contributed by atoms with E-state index in [1.807, 2.05) is 68.4 Å². The molecule has 0 saturated carbocycles. The fraction of sp³-hybridized carbons (Fsp3) is 0.371. The Balaban J connectivity index is 1.30. The molecule has 13 heteroatoms. The second kappa shape index (κ2) is 15.0. The van der Waals surface area contributed by atoms with Gasteiger partial charge in [-0.15, -0.1) is 11.3 Å². The fourth-order valence-corrected chi connectivity index (χ4v) is 6.89. The van der Waals surface area contributed by atoms with Crippen molar-refractivity contribution >= 4 is 51.6 Å². The Bertz CT molecular complexity index is 1730. The first-order valence-electron chi connectivity index (χ1n) is 15.8. The second-order valence-corrected chi connectivity index (χ2v) is 13.5. The van der Waals surface area contributed by atoms with Crippen LogP contribution in [0.2, 0.25) is 0 Å². The smallest absolute Gasteiger partial charge is 0.346 e. The molecule has 6 N–H and O–H groups in total. The highest BCUT2D eigenvalue weighted by Gasteiger charge is 2.45. The number of H-pyrrole nitrogens is 1. The monoisotopic (exact) mass is 679 g/mol. The average Bonchev–Trinajstić information content (AvgIpc) is 3.76. The molecule has 3 heterocycles. The third kappa shape index (κ3) is 8.19. The first kappa shape index (κ1) is 34.6. The van der Waals surface area contributed by atoms with Crippen molar-refractivity contribution in [3.05, 3.63) is 87.7 Å². The van der Waals surface area contributed by atoms with Crippen molar-refractivity contribution in [2.75, 3.05) is 11.9 Å². The number of thiophene rings is 1. The Kier molecular flexibility index (Phi) is 10.8. The number of para-hydroxylation sites is 2. The number of nitrogens with one attached hydrogen (secondary N) is 5. The minimum atomic E-state index is -2.87. The molecule has 5 rings (SSSR count). The van der Waals surface area contributed by atoms with E-state index in [0.29, 0.717) is 17.7 Å². The number of hydrogen-bond acceptors (Lipinski definition) is 6. The predicted octanol–water partition coefficient (Wildman–Crippen LogP) is 4.91. The second-order valence-electron chi connectivity index (χ2n) is 12.6. The summed E-state index contributed by atoms with van der Waals surface area (Å²) in [6, 6.07) is 16.0. The van der Waals surface area contributed by atoms with Gasteiger partial charge in [0.05, 0.1) is 0 Å². The molecule has 1 unspecified atom stereocenters. The summed E-state index contributed by atoms with van der Waals surface area (Å²) in [6.45, 7) is 3.86. The molecule has 3 amide bonds. The number of carbonyl (C=O) groups excluding carboxylic acids is 3. The van der Waals surface area contributed by atoms with Crippen LogP contribution in [0.1, 0.15) is 53.2 Å². The molecule has 4 aromatic rings. The van der Waals surface area contributed by atoms with Crippen molar-refractivity contribution < 1.29 is 33.1 Å². The lowest BCUT2D eigenvalue weighted by Gasteiger charge is -2.32. The van der Waals surface area contributed by atoms with Crippen LogP contribution in [-0.2, 0) is 33.6 Å². The number of anilines is 1. The molecule has 2 aromatic carbocycles. The van der Waals surface area contributed by atoms with Crippen LogP contribution >= 0.6 is 11.3 Å². The number of benzene rings is 2. The van der Waals surface area contributed by atoms with E-state index in [2.05, 4.69) is 26.3 Å². The van der Waals surface area contributed by atoms with Crippen LogP contribution in [0.5, 0.6) is 0 Å². The number of alkyl halides is 2. The number of aromatic nitrogens is 1. The SMILES string of the molecule is CC(C)C[C@H](NC(=O)C1(Cc2ccsc2C(=O)O)Cc2ccccc2N1)C(=O)N[C@@H](CC(F)F)C(=O)NCCc1cc2ccccc2[nH]1. The standard InChI is InChI=1S/C35H39F2N5O5S/c1-20(2)15-27(32(44)40-28(17-29(36)37)31(43)38-13-11-24-16-21-7-3-5-9-25(21)39-24)41-34(47)35(18-22-8-4-6-10-26(22)42-35)19-23-12-14-48-30(23)33(45)46/h3-10,12,14,16,20,27-29,39,42H,11,13,15,17-19H2,1-2H3,(H,38,43)(H,40,44)(H,41,47)(H,45,46)/t27-,28-,35?/m0/s1. The molecule has 10 nitrogen and oxygen atoms in total. The third-order valence-electron chi connectivity index (χ3n) is 8.41. The minimum Gasteiger partial charge on any atom is -0.477 e. The molecule has 1 aliphatic heterocycles. The van der Waals surface area contributed by atoms with Gasteiger partial charge in [-0.25, -0.2) is 13.6 Å². The normalized spacial score (nSPS) is 16.7. The highest BCUT2D eigenvalue weighted by Crippen LogP contribution is 2.36. The molecule has 48 heavy (non-hydrogen) atoms. The molecule has 254 valence electrons. The van der Waals surface area contributed by atoms with Gasteiger partial charge in [0, 0.05) is 49.1 Å². The Labute approximate surface area is 280 Å². The molecule has 0 fully saturated rings. The topological polar surface area (TPSA) is 152 Å². The number of aromatic carboxylic acids is 1. The Hall–Kier alpha value is -4.78. The zero-order valence-electron chi connectivity index (χ0n) is 26.6. The molecular weight excluding hydrogens is 640 g/mol. The van der Waals surface area contributed by atoms with Crippen LogP contribution in [0, 0.1) is 5.92 Å². The van der Waals surface area contributed by atoms with Gasteiger partial charge in [-0.1, -0.05) is 50.2 Å². The van der Waals surface area contributed by atoms with E-state index in [-0.39, 0.29) is 36.6 Å². The molecule has 0 bridgehead atoms. The van der Waals surface area contributed by atoms with E-state index >= 15 is 0 Å². The number of fused-ring (bicyclic) bond motifs is 2. The van der Waals surface area contributed by atoms with E-state index in [1.165, 1.54) is 0 Å². The highest BCUT2D eigenvalue weighted by atomic mass is 32.1. The van der Waals surface area contributed by atoms with E-state index in [4.69, 9.17) is 0 Å². The summed E-state index contributed by atoms with van der Waals surface area (Å²) in [5, 5.41) is 23.6. The highest BCUT2D eigenvalue weighted by molar-refractivity contribution is 7.12. The number of hydrogen-bond donors (Lipinski definition) is 6. The quantitative estimate of drug-likeness (QED) is 0.105. The molecule has 0 saturated heterocycles. The van der Waals surface area contributed by atoms with Crippen LogP contribution in [0.4, 0.5) is 14.5 Å². The van der Waals surface area contributed by atoms with E-state index < -0.39 is 54.2 Å². The first-order valence-corrected chi connectivity index (χ1v) is 16.7. The predicted molar refractivity (Wildman–Crippen MR) is 180 cm³/mol. The Morgan fingerprint density at radius 1 is 0.958 bits per heavy atom. The van der Waals surface area contributed by atoms with Gasteiger partial charge in [0.15, 0.2) is 0 Å². The number of carbonyl (C=O) groups is 4. The van der Waals surface area contributed by atoms with Crippen molar-refractivity contribution in [3.8, 4) is 0 Å². The lowest BCUT2D eigenvalue weighted by atomic mass is 9.86. The van der Waals surface area contributed by atoms with Gasteiger partial charge in [-0.05, 0) is 58.5 Å². The van der Waals surface area contributed by atoms with Crippen LogP contribution < -0.4 is 21.3 Å². The lowest BCUT2D eigenvalue weighted by Crippen LogP contribution is -2.60. The Morgan fingerprint density at radius 3 is 2.40 bits per heavy atom. The van der Waals surface area contributed by atoms with Crippen molar-refractivity contribution in [3.63, 3.8) is 0 Å². The number of aromatic amines is 1. The minimum absolute atomic E-state index is 0.0292. The Morgan fingerprint density at radius 2 is 1.69 bits per heavy atom. The first-order chi connectivity index (χ1) is 22.9. The maximum atomic E-state index is 14.2. The van der Waals surface area contributed by atoms with Crippen LogP contribution in [0.3, 0.4) is 0 Å². The zero-order valence-corrected chi connectivity index (χ0v) is 27.5. The number of carboxylic acids is 1. The van der Waals surface area contributed by atoms with Gasteiger partial charge in [0.2, 0.25) is 24.1 Å².